The molecule has 2 heteroatoms. The number of aryl methyl sites for hydroxylation is 1. The summed E-state index contributed by atoms with van der Waals surface area (Å²) in [5, 5.41) is 0. The molecule has 0 aliphatic heterocycles. The van der Waals surface area contributed by atoms with E-state index < -0.39 is 0 Å². The SMILES string of the molecule is Cc1ccccc1-c1cn2ccccc2n1. The Bertz CT molecular complexity index is 605. The van der Waals surface area contributed by atoms with Crippen molar-refractivity contribution in [2.75, 3.05) is 0 Å². The molecule has 0 amide bonds. The predicted octanol–water partition coefficient (Wildman–Crippen LogP) is 3.31. The lowest BCUT2D eigenvalue weighted by Gasteiger charge is -1.99. The number of benzene rings is 1. The van der Waals surface area contributed by atoms with Crippen LogP contribution in [0.3, 0.4) is 0 Å². The van der Waals surface area contributed by atoms with Gasteiger partial charge in [0.2, 0.25) is 0 Å². The molecule has 0 aliphatic carbocycles. The number of nitrogens with zero attached hydrogens (tertiary/aromatic N) is 2. The lowest BCUT2D eigenvalue weighted by Crippen LogP contribution is -1.81. The molecule has 0 fully saturated rings. The van der Waals surface area contributed by atoms with Gasteiger partial charge in [-0.2, -0.15) is 0 Å². The molecular formula is C14H12N2. The van der Waals surface area contributed by atoms with Crippen LogP contribution in [0.2, 0.25) is 0 Å². The highest BCUT2D eigenvalue weighted by Crippen LogP contribution is 2.22. The molecule has 1 aromatic carbocycles. The molecular weight excluding hydrogens is 196 g/mol. The number of aromatic nitrogens is 2. The van der Waals surface area contributed by atoms with E-state index in [1.807, 2.05) is 34.9 Å². The van der Waals surface area contributed by atoms with Crippen molar-refractivity contribution < 1.29 is 0 Å². The van der Waals surface area contributed by atoms with Crippen LogP contribution in [0.5, 0.6) is 0 Å². The highest BCUT2D eigenvalue weighted by atomic mass is 15.0. The molecule has 3 rings (SSSR count). The predicted molar refractivity (Wildman–Crippen MR) is 65.4 cm³/mol. The molecule has 2 nitrogen and oxygen atoms in total. The first-order chi connectivity index (χ1) is 7.84. The summed E-state index contributed by atoms with van der Waals surface area (Å²) in [5.41, 5.74) is 4.47. The van der Waals surface area contributed by atoms with Crippen molar-refractivity contribution >= 4 is 5.65 Å². The molecule has 0 radical (unpaired) electrons. The molecule has 2 aromatic heterocycles. The van der Waals surface area contributed by atoms with Gasteiger partial charge in [0.25, 0.3) is 0 Å². The lowest BCUT2D eigenvalue weighted by atomic mass is 10.1. The molecule has 0 unspecified atom stereocenters. The maximum Gasteiger partial charge on any atom is 0.137 e. The van der Waals surface area contributed by atoms with Crippen LogP contribution in [0.15, 0.2) is 54.9 Å². The third-order valence-corrected chi connectivity index (χ3v) is 2.79. The van der Waals surface area contributed by atoms with Crippen LogP contribution in [0.4, 0.5) is 0 Å². The van der Waals surface area contributed by atoms with E-state index in [2.05, 4.69) is 36.3 Å². The largest absolute Gasteiger partial charge is 0.306 e. The first kappa shape index (κ1) is 9.16. The fourth-order valence-electron chi connectivity index (χ4n) is 1.92. The Morgan fingerprint density at radius 3 is 2.62 bits per heavy atom. The number of fused-ring (bicyclic) bond motifs is 1. The van der Waals surface area contributed by atoms with Crippen LogP contribution in [0.25, 0.3) is 16.9 Å². The molecule has 0 saturated heterocycles. The second kappa shape index (κ2) is 3.49. The zero-order chi connectivity index (χ0) is 11.0. The van der Waals surface area contributed by atoms with Crippen LogP contribution in [-0.2, 0) is 0 Å². The minimum Gasteiger partial charge on any atom is -0.306 e. The van der Waals surface area contributed by atoms with Gasteiger partial charge in [0.1, 0.15) is 5.65 Å². The first-order valence-corrected chi connectivity index (χ1v) is 5.34. The summed E-state index contributed by atoms with van der Waals surface area (Å²) in [6.07, 6.45) is 4.09. The van der Waals surface area contributed by atoms with Crippen LogP contribution < -0.4 is 0 Å². The summed E-state index contributed by atoms with van der Waals surface area (Å²) in [5.74, 6) is 0. The zero-order valence-corrected chi connectivity index (χ0v) is 9.09. The highest BCUT2D eigenvalue weighted by Gasteiger charge is 2.05. The van der Waals surface area contributed by atoms with E-state index in [1.165, 1.54) is 11.1 Å². The van der Waals surface area contributed by atoms with Gasteiger partial charge in [-0.3, -0.25) is 0 Å². The van der Waals surface area contributed by atoms with Crippen LogP contribution in [-0.4, -0.2) is 9.38 Å². The van der Waals surface area contributed by atoms with Crippen LogP contribution >= 0.6 is 0 Å². The van der Waals surface area contributed by atoms with Crippen molar-refractivity contribution in [3.05, 3.63) is 60.4 Å². The lowest BCUT2D eigenvalue weighted by molar-refractivity contribution is 1.19. The minimum atomic E-state index is 0.987. The van der Waals surface area contributed by atoms with Crippen molar-refractivity contribution in [2.45, 2.75) is 6.92 Å². The Hall–Kier alpha value is -2.09. The fraction of sp³-hybridized carbons (Fsp3) is 0.0714. The number of imidazole rings is 1. The van der Waals surface area contributed by atoms with E-state index >= 15 is 0 Å². The maximum absolute atomic E-state index is 4.61. The molecule has 0 aliphatic rings. The average molecular weight is 208 g/mol. The topological polar surface area (TPSA) is 17.3 Å². The number of hydrogen-bond donors (Lipinski definition) is 0. The second-order valence-electron chi connectivity index (χ2n) is 3.91. The van der Waals surface area contributed by atoms with E-state index in [4.69, 9.17) is 0 Å². The molecule has 0 bridgehead atoms. The average Bonchev–Trinajstić information content (AvgIpc) is 2.73. The fourth-order valence-corrected chi connectivity index (χ4v) is 1.92. The maximum atomic E-state index is 4.61. The van der Waals surface area contributed by atoms with Gasteiger partial charge in [0.05, 0.1) is 5.69 Å². The van der Waals surface area contributed by atoms with Crippen LogP contribution in [0.1, 0.15) is 5.56 Å². The molecule has 0 saturated carbocycles. The molecule has 2 heterocycles. The summed E-state index contributed by atoms with van der Waals surface area (Å²) < 4.78 is 2.04. The Morgan fingerprint density at radius 1 is 1.00 bits per heavy atom. The van der Waals surface area contributed by atoms with Gasteiger partial charge in [0, 0.05) is 18.0 Å². The molecule has 16 heavy (non-hydrogen) atoms. The van der Waals surface area contributed by atoms with Crippen molar-refractivity contribution in [1.82, 2.24) is 9.38 Å². The summed E-state index contributed by atoms with van der Waals surface area (Å²) in [6.45, 7) is 2.11. The van der Waals surface area contributed by atoms with Gasteiger partial charge in [-0.1, -0.05) is 30.3 Å². The van der Waals surface area contributed by atoms with E-state index in [1.54, 1.807) is 0 Å². The minimum absolute atomic E-state index is 0.987. The molecule has 0 spiro atoms. The summed E-state index contributed by atoms with van der Waals surface area (Å²) in [7, 11) is 0. The summed E-state index contributed by atoms with van der Waals surface area (Å²) >= 11 is 0. The van der Waals surface area contributed by atoms with Crippen molar-refractivity contribution in [3.63, 3.8) is 0 Å². The van der Waals surface area contributed by atoms with Crippen molar-refractivity contribution in [1.29, 1.82) is 0 Å². The zero-order valence-electron chi connectivity index (χ0n) is 9.09. The quantitative estimate of drug-likeness (QED) is 0.599. The normalized spacial score (nSPS) is 10.8. The van der Waals surface area contributed by atoms with E-state index in [9.17, 15) is 0 Å². The van der Waals surface area contributed by atoms with Gasteiger partial charge in [-0.05, 0) is 24.6 Å². The van der Waals surface area contributed by atoms with E-state index in [0.29, 0.717) is 0 Å². The Morgan fingerprint density at radius 2 is 1.81 bits per heavy atom. The van der Waals surface area contributed by atoms with Crippen molar-refractivity contribution in [3.8, 4) is 11.3 Å². The second-order valence-corrected chi connectivity index (χ2v) is 3.91. The van der Waals surface area contributed by atoms with Gasteiger partial charge < -0.3 is 4.40 Å². The third kappa shape index (κ3) is 1.39. The van der Waals surface area contributed by atoms with Gasteiger partial charge >= 0.3 is 0 Å². The van der Waals surface area contributed by atoms with Crippen LogP contribution in [0, 0.1) is 6.92 Å². The standard InChI is InChI=1S/C14H12N2/c1-11-6-2-3-7-12(11)13-10-16-9-5-4-8-14(16)15-13/h2-10H,1H3. The Labute approximate surface area is 94.2 Å². The van der Waals surface area contributed by atoms with Gasteiger partial charge in [-0.15, -0.1) is 0 Å². The van der Waals surface area contributed by atoms with Gasteiger partial charge in [-0.25, -0.2) is 4.98 Å². The third-order valence-electron chi connectivity index (χ3n) is 2.79. The number of hydrogen-bond acceptors (Lipinski definition) is 1. The molecule has 0 N–H and O–H groups in total. The summed E-state index contributed by atoms with van der Waals surface area (Å²) in [6, 6.07) is 14.3. The Kier molecular flexibility index (Phi) is 2.00. The van der Waals surface area contributed by atoms with E-state index in [-0.39, 0.29) is 0 Å². The number of rotatable bonds is 1. The smallest absolute Gasteiger partial charge is 0.137 e. The molecule has 78 valence electrons. The molecule has 0 atom stereocenters. The monoisotopic (exact) mass is 208 g/mol. The van der Waals surface area contributed by atoms with E-state index in [0.717, 1.165) is 11.3 Å². The van der Waals surface area contributed by atoms with Gasteiger partial charge in [0.15, 0.2) is 0 Å². The number of pyridine rings is 1. The summed E-state index contributed by atoms with van der Waals surface area (Å²) in [4.78, 5) is 4.61. The Balaban J connectivity index is 2.23. The molecule has 3 aromatic rings. The van der Waals surface area contributed by atoms with Crippen molar-refractivity contribution in [2.24, 2.45) is 0 Å². The first-order valence-electron chi connectivity index (χ1n) is 5.34. The highest BCUT2D eigenvalue weighted by molar-refractivity contribution is 5.65.